The van der Waals surface area contributed by atoms with Crippen molar-refractivity contribution < 1.29 is 19.4 Å². The first kappa shape index (κ1) is 21.7. The number of carbonyl (C=O) groups excluding carboxylic acids is 1. The lowest BCUT2D eigenvalue weighted by Gasteiger charge is -2.13. The van der Waals surface area contributed by atoms with Crippen LogP contribution in [0.3, 0.4) is 0 Å². The summed E-state index contributed by atoms with van der Waals surface area (Å²) in [5.74, 6) is -0.506. The van der Waals surface area contributed by atoms with Gasteiger partial charge in [0.05, 0.1) is 34.1 Å². The number of hydrogen-bond acceptors (Lipinski definition) is 7. The van der Waals surface area contributed by atoms with Gasteiger partial charge in [0, 0.05) is 17.2 Å². The number of hydrogen-bond donors (Lipinski definition) is 1. The fourth-order valence-corrected chi connectivity index (χ4v) is 2.76. The van der Waals surface area contributed by atoms with Crippen molar-refractivity contribution >= 4 is 34.6 Å². The number of anilines is 1. The van der Waals surface area contributed by atoms with Gasteiger partial charge in [-0.2, -0.15) is 5.10 Å². The summed E-state index contributed by atoms with van der Waals surface area (Å²) in [7, 11) is 0. The fourth-order valence-electron chi connectivity index (χ4n) is 2.63. The van der Waals surface area contributed by atoms with Crippen LogP contribution in [0.2, 0.25) is 5.02 Å². The zero-order chi connectivity index (χ0) is 22.5. The first-order valence-corrected chi connectivity index (χ1v) is 9.29. The van der Waals surface area contributed by atoms with E-state index in [4.69, 9.17) is 16.3 Å². The Hall–Kier alpha value is -3.99. The molecule has 0 spiro atoms. The summed E-state index contributed by atoms with van der Waals surface area (Å²) in [5.41, 5.74) is -0.283. The number of non-ortho nitro benzene ring substituents is 1. The van der Waals surface area contributed by atoms with Gasteiger partial charge in [0.15, 0.2) is 0 Å². The van der Waals surface area contributed by atoms with Crippen LogP contribution in [0, 0.1) is 26.1 Å². The minimum atomic E-state index is -0.626. The van der Waals surface area contributed by atoms with Gasteiger partial charge in [-0.05, 0) is 24.3 Å². The summed E-state index contributed by atoms with van der Waals surface area (Å²) in [6.07, 6.45) is 2.31. The van der Waals surface area contributed by atoms with Gasteiger partial charge in [-0.3, -0.25) is 29.7 Å². The first-order valence-electron chi connectivity index (χ1n) is 8.92. The fraction of sp³-hybridized carbons (Fsp3) is 0.158. The Morgan fingerprint density at radius 3 is 2.42 bits per heavy atom. The molecule has 0 saturated carbocycles. The Kier molecular flexibility index (Phi) is 6.46. The van der Waals surface area contributed by atoms with E-state index in [-0.39, 0.29) is 29.4 Å². The highest BCUT2D eigenvalue weighted by Crippen LogP contribution is 2.30. The minimum Gasteiger partial charge on any atom is -0.457 e. The third-order valence-corrected chi connectivity index (χ3v) is 4.41. The van der Waals surface area contributed by atoms with Gasteiger partial charge < -0.3 is 10.1 Å². The Labute approximate surface area is 180 Å². The zero-order valence-corrected chi connectivity index (χ0v) is 16.9. The molecule has 0 radical (unpaired) electrons. The van der Waals surface area contributed by atoms with Crippen LogP contribution in [0.1, 0.15) is 6.92 Å². The van der Waals surface area contributed by atoms with Gasteiger partial charge in [0.1, 0.15) is 23.9 Å². The molecule has 1 unspecified atom stereocenters. The number of aromatic nitrogens is 2. The topological polar surface area (TPSA) is 142 Å². The predicted molar refractivity (Wildman–Crippen MR) is 111 cm³/mol. The van der Waals surface area contributed by atoms with Crippen molar-refractivity contribution in [2.75, 3.05) is 5.32 Å². The van der Waals surface area contributed by atoms with E-state index in [1.54, 1.807) is 31.2 Å². The lowest BCUT2D eigenvalue weighted by atomic mass is 10.1. The quantitative estimate of drug-likeness (QED) is 0.399. The highest BCUT2D eigenvalue weighted by atomic mass is 35.5. The maximum Gasteiger partial charge on any atom is 0.306 e. The number of amides is 1. The molecule has 1 N–H and O–H groups in total. The van der Waals surface area contributed by atoms with Gasteiger partial charge in [-0.25, -0.2) is 0 Å². The molecule has 11 nitrogen and oxygen atoms in total. The molecule has 0 fully saturated rings. The zero-order valence-electron chi connectivity index (χ0n) is 16.1. The number of rotatable bonds is 8. The average molecular weight is 446 g/mol. The van der Waals surface area contributed by atoms with Crippen LogP contribution in [0.5, 0.6) is 11.5 Å². The maximum atomic E-state index is 12.5. The van der Waals surface area contributed by atoms with E-state index in [0.717, 1.165) is 6.20 Å². The molecule has 1 atom stereocenters. The molecular weight excluding hydrogens is 430 g/mol. The number of ether oxygens (including phenoxy) is 1. The molecule has 0 aliphatic heterocycles. The average Bonchev–Trinajstić information content (AvgIpc) is 3.18. The van der Waals surface area contributed by atoms with Crippen LogP contribution in [-0.4, -0.2) is 25.5 Å². The second kappa shape index (κ2) is 9.22. The van der Waals surface area contributed by atoms with E-state index >= 15 is 0 Å². The number of nitro groups is 2. The van der Waals surface area contributed by atoms with Gasteiger partial charge in [-0.15, -0.1) is 0 Å². The lowest BCUT2D eigenvalue weighted by Crippen LogP contribution is -2.24. The van der Waals surface area contributed by atoms with E-state index in [2.05, 4.69) is 10.4 Å². The van der Waals surface area contributed by atoms with Crippen LogP contribution >= 0.6 is 11.6 Å². The number of benzene rings is 2. The second-order valence-corrected chi connectivity index (χ2v) is 7.03. The van der Waals surface area contributed by atoms with Crippen molar-refractivity contribution in [2.45, 2.75) is 13.5 Å². The third-order valence-electron chi connectivity index (χ3n) is 4.16. The molecule has 2 aromatic carbocycles. The smallest absolute Gasteiger partial charge is 0.306 e. The van der Waals surface area contributed by atoms with E-state index in [1.165, 1.54) is 29.1 Å². The van der Waals surface area contributed by atoms with Crippen LogP contribution in [0.4, 0.5) is 17.1 Å². The predicted octanol–water partition coefficient (Wildman–Crippen LogP) is 4.42. The Bertz CT molecular complexity index is 1130. The Balaban J connectivity index is 1.74. The molecule has 3 aromatic rings. The summed E-state index contributed by atoms with van der Waals surface area (Å²) < 4.78 is 6.92. The number of carbonyl (C=O) groups is 1. The number of nitrogens with one attached hydrogen (secondary N) is 1. The van der Waals surface area contributed by atoms with Crippen molar-refractivity contribution in [1.82, 2.24) is 9.78 Å². The summed E-state index contributed by atoms with van der Waals surface area (Å²) >= 11 is 5.84. The number of nitrogens with zero attached hydrogens (tertiary/aromatic N) is 4. The summed E-state index contributed by atoms with van der Waals surface area (Å²) in [4.78, 5) is 33.4. The highest BCUT2D eigenvalue weighted by molar-refractivity contribution is 6.30. The standard InChI is InChI=1S/C19H16ClN5O6/c1-12(10-23-11-16(9-21-23)25(29)30)19(26)22-14-6-15(24(27)28)8-18(7-14)31-17-4-2-13(20)3-5-17/h2-9,11-12H,10H2,1H3,(H,22,26). The molecule has 1 aromatic heterocycles. The first-order chi connectivity index (χ1) is 14.7. The van der Waals surface area contributed by atoms with E-state index in [1.807, 2.05) is 0 Å². The maximum absolute atomic E-state index is 12.5. The van der Waals surface area contributed by atoms with Crippen LogP contribution < -0.4 is 10.1 Å². The van der Waals surface area contributed by atoms with Crippen molar-refractivity contribution in [3.63, 3.8) is 0 Å². The molecule has 31 heavy (non-hydrogen) atoms. The summed E-state index contributed by atoms with van der Waals surface area (Å²) in [6, 6.07) is 10.3. The van der Waals surface area contributed by atoms with E-state index in [0.29, 0.717) is 10.8 Å². The van der Waals surface area contributed by atoms with Gasteiger partial charge in [-0.1, -0.05) is 18.5 Å². The van der Waals surface area contributed by atoms with Crippen molar-refractivity contribution in [2.24, 2.45) is 5.92 Å². The van der Waals surface area contributed by atoms with E-state index < -0.39 is 21.7 Å². The Morgan fingerprint density at radius 2 is 1.81 bits per heavy atom. The molecule has 160 valence electrons. The summed E-state index contributed by atoms with van der Waals surface area (Å²) in [6.45, 7) is 1.69. The molecule has 0 aliphatic rings. The molecule has 1 amide bonds. The monoisotopic (exact) mass is 445 g/mol. The largest absolute Gasteiger partial charge is 0.457 e. The van der Waals surface area contributed by atoms with Crippen molar-refractivity contribution in [3.05, 3.63) is 80.1 Å². The molecule has 0 bridgehead atoms. The van der Waals surface area contributed by atoms with Crippen molar-refractivity contribution in [3.8, 4) is 11.5 Å². The molecule has 0 saturated heterocycles. The molecule has 3 rings (SSSR count). The van der Waals surface area contributed by atoms with E-state index in [9.17, 15) is 25.0 Å². The molecule has 0 aliphatic carbocycles. The summed E-state index contributed by atoms with van der Waals surface area (Å²) in [5, 5.41) is 29.0. The second-order valence-electron chi connectivity index (χ2n) is 6.60. The highest BCUT2D eigenvalue weighted by Gasteiger charge is 2.19. The van der Waals surface area contributed by atoms with Gasteiger partial charge in [0.2, 0.25) is 5.91 Å². The molecule has 12 heteroatoms. The van der Waals surface area contributed by atoms with Gasteiger partial charge >= 0.3 is 5.69 Å². The lowest BCUT2D eigenvalue weighted by molar-refractivity contribution is -0.385. The van der Waals surface area contributed by atoms with Crippen LogP contribution in [0.25, 0.3) is 0 Å². The number of nitro benzene ring substituents is 1. The van der Waals surface area contributed by atoms with Gasteiger partial charge in [0.25, 0.3) is 5.69 Å². The SMILES string of the molecule is CC(Cn1cc([N+](=O)[O-])cn1)C(=O)Nc1cc(Oc2ccc(Cl)cc2)cc([N+](=O)[O-])c1. The molecule has 1 heterocycles. The van der Waals surface area contributed by atoms with Crippen molar-refractivity contribution in [1.29, 1.82) is 0 Å². The normalized spacial score (nSPS) is 11.5. The molecular formula is C19H16ClN5O6. The number of halogens is 1. The van der Waals surface area contributed by atoms with Crippen LogP contribution in [0.15, 0.2) is 54.9 Å². The minimum absolute atomic E-state index is 0.0860. The third kappa shape index (κ3) is 5.76. The van der Waals surface area contributed by atoms with Crippen LogP contribution in [-0.2, 0) is 11.3 Å². The Morgan fingerprint density at radius 1 is 1.13 bits per heavy atom.